The topological polar surface area (TPSA) is 104 Å². The summed E-state index contributed by atoms with van der Waals surface area (Å²) in [6.45, 7) is 0. The molecule has 4 aromatic carbocycles. The maximum absolute atomic E-state index is 12.7. The fourth-order valence-electron chi connectivity index (χ4n) is 4.18. The van der Waals surface area contributed by atoms with Gasteiger partial charge in [-0.15, -0.1) is 0 Å². The number of para-hydroxylation sites is 1. The lowest BCUT2D eigenvalue weighted by Gasteiger charge is -2.27. The molecule has 0 saturated carbocycles. The van der Waals surface area contributed by atoms with E-state index in [9.17, 15) is 10.1 Å². The van der Waals surface area contributed by atoms with Gasteiger partial charge < -0.3 is 24.7 Å². The minimum atomic E-state index is -0.603. The molecule has 0 aliphatic carbocycles. The summed E-state index contributed by atoms with van der Waals surface area (Å²) in [5.41, 5.74) is 8.16. The number of nitrogens with zero attached hydrogens (tertiary/aromatic N) is 1. The Bertz CT molecular complexity index is 1590. The van der Waals surface area contributed by atoms with Crippen LogP contribution in [0.25, 0.3) is 0 Å². The highest BCUT2D eigenvalue weighted by Crippen LogP contribution is 2.44. The van der Waals surface area contributed by atoms with Crippen LogP contribution in [-0.2, 0) is 0 Å². The molecule has 0 amide bonds. The third kappa shape index (κ3) is 4.99. The van der Waals surface area contributed by atoms with E-state index in [2.05, 4.69) is 6.07 Å². The lowest BCUT2D eigenvalue weighted by atomic mass is 9.83. The molecule has 0 spiro atoms. The Balaban J connectivity index is 1.45. The van der Waals surface area contributed by atoms with E-state index < -0.39 is 11.9 Å². The Morgan fingerprint density at radius 2 is 1.74 bits per heavy atom. The quantitative estimate of drug-likeness (QED) is 0.224. The number of halogens is 1. The van der Waals surface area contributed by atoms with E-state index in [0.717, 1.165) is 5.56 Å². The number of nitriles is 1. The van der Waals surface area contributed by atoms with Crippen molar-refractivity contribution < 1.29 is 23.7 Å². The van der Waals surface area contributed by atoms with Crippen molar-refractivity contribution in [3.8, 4) is 34.8 Å². The van der Waals surface area contributed by atoms with Crippen LogP contribution < -0.4 is 24.7 Å². The molecule has 7 nitrogen and oxygen atoms in total. The maximum atomic E-state index is 12.7. The zero-order valence-electron chi connectivity index (χ0n) is 20.2. The monoisotopic (exact) mass is 524 g/mol. The molecule has 8 heteroatoms. The Labute approximate surface area is 224 Å². The summed E-state index contributed by atoms with van der Waals surface area (Å²) < 4.78 is 22.4. The minimum Gasteiger partial charge on any atom is -0.495 e. The van der Waals surface area contributed by atoms with E-state index in [1.807, 2.05) is 54.6 Å². The van der Waals surface area contributed by atoms with Gasteiger partial charge in [0.2, 0.25) is 5.88 Å². The van der Waals surface area contributed by atoms with Crippen LogP contribution >= 0.6 is 11.6 Å². The van der Waals surface area contributed by atoms with Crippen LogP contribution in [0.2, 0.25) is 5.02 Å². The minimum absolute atomic E-state index is 0.0233. The lowest BCUT2D eigenvalue weighted by molar-refractivity contribution is 0.0734. The van der Waals surface area contributed by atoms with Crippen molar-refractivity contribution in [2.24, 2.45) is 5.73 Å². The van der Waals surface area contributed by atoms with Crippen LogP contribution in [0.3, 0.4) is 0 Å². The summed E-state index contributed by atoms with van der Waals surface area (Å²) in [5, 5.41) is 10.2. The highest BCUT2D eigenvalue weighted by atomic mass is 35.5. The van der Waals surface area contributed by atoms with Crippen molar-refractivity contribution in [1.29, 1.82) is 5.26 Å². The van der Waals surface area contributed by atoms with Gasteiger partial charge in [-0.05, 0) is 54.1 Å². The number of fused-ring (bicyclic) bond motifs is 1. The molecule has 1 unspecified atom stereocenters. The van der Waals surface area contributed by atoms with Gasteiger partial charge in [-0.1, -0.05) is 48.0 Å². The first kappa shape index (κ1) is 24.8. The normalized spacial score (nSPS) is 14.1. The van der Waals surface area contributed by atoms with Crippen molar-refractivity contribution in [1.82, 2.24) is 0 Å². The highest BCUT2D eigenvalue weighted by molar-refractivity contribution is 6.32. The second-order valence-corrected chi connectivity index (χ2v) is 8.76. The van der Waals surface area contributed by atoms with Crippen molar-refractivity contribution in [3.63, 3.8) is 0 Å². The van der Waals surface area contributed by atoms with Crippen LogP contribution in [-0.4, -0.2) is 13.1 Å². The molecular weight excluding hydrogens is 504 g/mol. The number of benzene rings is 4. The average molecular weight is 525 g/mol. The van der Waals surface area contributed by atoms with Gasteiger partial charge in [0.05, 0.1) is 23.6 Å². The van der Waals surface area contributed by atoms with E-state index in [4.69, 9.17) is 36.3 Å². The van der Waals surface area contributed by atoms with E-state index in [1.54, 1.807) is 30.3 Å². The summed E-state index contributed by atoms with van der Waals surface area (Å²) in [4.78, 5) is 12.7. The number of nitrogens with two attached hydrogens (primary N) is 1. The fourth-order valence-corrected chi connectivity index (χ4v) is 4.44. The van der Waals surface area contributed by atoms with Crippen molar-refractivity contribution >= 4 is 17.6 Å². The summed E-state index contributed by atoms with van der Waals surface area (Å²) >= 11 is 6.14. The molecule has 1 aliphatic rings. The Morgan fingerprint density at radius 3 is 2.47 bits per heavy atom. The first-order valence-corrected chi connectivity index (χ1v) is 11.9. The first-order chi connectivity index (χ1) is 18.5. The van der Waals surface area contributed by atoms with Crippen LogP contribution in [0.1, 0.15) is 27.4 Å². The molecule has 1 heterocycles. The second kappa shape index (κ2) is 10.6. The number of hydrogen-bond acceptors (Lipinski definition) is 7. The molecule has 2 N–H and O–H groups in total. The van der Waals surface area contributed by atoms with E-state index >= 15 is 0 Å². The number of carbonyl (C=O) groups is 1. The summed E-state index contributed by atoms with van der Waals surface area (Å²) in [5.74, 6) is 1.24. The molecule has 0 radical (unpaired) electrons. The van der Waals surface area contributed by atoms with Crippen LogP contribution in [0, 0.1) is 11.3 Å². The second-order valence-electron chi connectivity index (χ2n) is 8.35. The Morgan fingerprint density at radius 1 is 0.947 bits per heavy atom. The Kier molecular flexibility index (Phi) is 6.90. The van der Waals surface area contributed by atoms with Crippen LogP contribution in [0.5, 0.6) is 28.7 Å². The van der Waals surface area contributed by atoms with E-state index in [1.165, 1.54) is 13.2 Å². The van der Waals surface area contributed by atoms with E-state index in [0.29, 0.717) is 33.6 Å². The molecule has 0 fully saturated rings. The summed E-state index contributed by atoms with van der Waals surface area (Å²) in [7, 11) is 1.49. The molecule has 0 bridgehead atoms. The number of allylic oxidation sites excluding steroid dienone is 1. The van der Waals surface area contributed by atoms with Crippen molar-refractivity contribution in [2.75, 3.05) is 7.11 Å². The predicted molar refractivity (Wildman–Crippen MR) is 142 cm³/mol. The van der Waals surface area contributed by atoms with Gasteiger partial charge in [0.25, 0.3) is 0 Å². The number of rotatable bonds is 6. The van der Waals surface area contributed by atoms with Crippen molar-refractivity contribution in [3.05, 3.63) is 124 Å². The zero-order valence-corrected chi connectivity index (χ0v) is 20.9. The molecule has 5 rings (SSSR count). The molecular formula is C30H21ClN2O5. The first-order valence-electron chi connectivity index (χ1n) is 11.6. The Hall–Kier alpha value is -4.93. The third-order valence-corrected chi connectivity index (χ3v) is 6.25. The van der Waals surface area contributed by atoms with Gasteiger partial charge >= 0.3 is 5.97 Å². The van der Waals surface area contributed by atoms with Gasteiger partial charge in [-0.3, -0.25) is 0 Å². The smallest absolute Gasteiger partial charge is 0.343 e. The SMILES string of the molecule is COc1ccc(C(=O)Oc2ccc3c(c2)OC(N)=C(C#N)C3c2cccc(Oc3ccccc3)c2)cc1Cl. The predicted octanol–water partition coefficient (Wildman–Crippen LogP) is 6.58. The fraction of sp³-hybridized carbons (Fsp3) is 0.0667. The molecule has 4 aromatic rings. The van der Waals surface area contributed by atoms with E-state index in [-0.39, 0.29) is 22.8 Å². The molecule has 188 valence electrons. The van der Waals surface area contributed by atoms with Gasteiger partial charge in [-0.2, -0.15) is 5.26 Å². The van der Waals surface area contributed by atoms with Gasteiger partial charge in [-0.25, -0.2) is 4.79 Å². The molecule has 1 aliphatic heterocycles. The molecule has 0 aromatic heterocycles. The van der Waals surface area contributed by atoms with Gasteiger partial charge in [0.15, 0.2) is 0 Å². The molecule has 0 saturated heterocycles. The number of carbonyl (C=O) groups excluding carboxylic acids is 1. The van der Waals surface area contributed by atoms with Crippen LogP contribution in [0.4, 0.5) is 0 Å². The number of hydrogen-bond donors (Lipinski definition) is 1. The number of ether oxygens (including phenoxy) is 4. The summed E-state index contributed by atoms with van der Waals surface area (Å²) in [6, 6.07) is 28.6. The van der Waals surface area contributed by atoms with Crippen molar-refractivity contribution in [2.45, 2.75) is 5.92 Å². The molecule has 1 atom stereocenters. The third-order valence-electron chi connectivity index (χ3n) is 5.96. The standard InChI is InChI=1S/C30H21ClN2O5/c1-35-26-13-10-19(15-25(26)31)30(34)37-22-11-12-23-27(16-22)38-29(33)24(17-32)28(23)18-6-5-9-21(14-18)36-20-7-3-2-4-8-20/h2-16,28H,33H2,1H3. The zero-order chi connectivity index (χ0) is 26.6. The highest BCUT2D eigenvalue weighted by Gasteiger charge is 2.31. The van der Waals surface area contributed by atoms with Gasteiger partial charge in [0.1, 0.15) is 40.4 Å². The van der Waals surface area contributed by atoms with Crippen LogP contribution in [0.15, 0.2) is 102 Å². The summed E-state index contributed by atoms with van der Waals surface area (Å²) in [6.07, 6.45) is 0. The largest absolute Gasteiger partial charge is 0.495 e. The van der Waals surface area contributed by atoms with Gasteiger partial charge in [0, 0.05) is 11.6 Å². The average Bonchev–Trinajstić information content (AvgIpc) is 2.93. The lowest BCUT2D eigenvalue weighted by Crippen LogP contribution is -2.21. The number of esters is 1. The maximum Gasteiger partial charge on any atom is 0.343 e. The number of methoxy groups -OCH3 is 1. The molecule has 38 heavy (non-hydrogen) atoms.